The molecule has 25 nitrogen and oxygen atoms in total. The van der Waals surface area contributed by atoms with Gasteiger partial charge in [0.2, 0.25) is 35.4 Å². The summed E-state index contributed by atoms with van der Waals surface area (Å²) in [5.41, 5.74) is 3.50. The third-order valence-electron chi connectivity index (χ3n) is 16.9. The van der Waals surface area contributed by atoms with E-state index in [4.69, 9.17) is 9.47 Å². The number of carbonyl (C=O) groups is 7. The van der Waals surface area contributed by atoms with Crippen molar-refractivity contribution in [2.24, 2.45) is 5.92 Å². The molecule has 13 N–H and O–H groups in total. The summed E-state index contributed by atoms with van der Waals surface area (Å²) in [6.45, 7) is 7.39. The van der Waals surface area contributed by atoms with Crippen molar-refractivity contribution in [3.05, 3.63) is 108 Å². The van der Waals surface area contributed by atoms with Crippen molar-refractivity contribution in [2.45, 2.75) is 158 Å². The number of nitrogens with one attached hydrogen (secondary N) is 5. The van der Waals surface area contributed by atoms with Gasteiger partial charge in [-0.2, -0.15) is 0 Å². The van der Waals surface area contributed by atoms with Crippen LogP contribution in [0.15, 0.2) is 97.1 Å². The first kappa shape index (κ1) is 67.3. The molecule has 0 unspecified atom stereocenters. The average molecular weight is 1240 g/mol. The van der Waals surface area contributed by atoms with Gasteiger partial charge in [0.1, 0.15) is 66.1 Å². The van der Waals surface area contributed by atoms with Gasteiger partial charge in [0, 0.05) is 44.0 Å². The van der Waals surface area contributed by atoms with Crippen molar-refractivity contribution in [3.63, 3.8) is 0 Å². The van der Waals surface area contributed by atoms with Crippen molar-refractivity contribution in [1.82, 2.24) is 41.3 Å². The molecule has 4 saturated heterocycles. The zero-order valence-corrected chi connectivity index (χ0v) is 50.4. The fourth-order valence-corrected chi connectivity index (χ4v) is 11.7. The highest BCUT2D eigenvalue weighted by Gasteiger charge is 2.50. The number of ether oxygens (including phenoxy) is 2. The second kappa shape index (κ2) is 30.8. The maximum atomic E-state index is 14.8. The fraction of sp³-hybridized carbons (Fsp3) is 0.516. The summed E-state index contributed by atoms with van der Waals surface area (Å²) in [5.74, 6) is -8.17. The Balaban J connectivity index is 1.12. The number of hydrogen-bond acceptors (Lipinski definition) is 18. The molecule has 4 aromatic carbocycles. The second-order valence-corrected chi connectivity index (χ2v) is 23.7. The highest BCUT2D eigenvalue weighted by molar-refractivity contribution is 6.00. The molecule has 4 fully saturated rings. The summed E-state index contributed by atoms with van der Waals surface area (Å²) in [6, 6.07) is 15.4. The second-order valence-electron chi connectivity index (χ2n) is 23.7. The molecular weight excluding hydrogens is 1150 g/mol. The van der Waals surface area contributed by atoms with Crippen molar-refractivity contribution >= 4 is 41.4 Å². The SMILES string of the molecule is CCCCCOc1ccc(-c2ccc(-c3ccc(C(=O)N[C@@H]4C[C@H](O)[C@@H](OCCN5CCCC5)NC(=O)[C@@H]5[C@@H](O)[C@@H](C)CN5C(=O)[C@H]([C@@H](C)O)NC(=O)[C@H]([C@H](O)[C@@H](O)c5ccc(O)cc5)NC(=O)[C@@H]5C[C@@H](O)CN5C(=O)[C@H]([C@@H](C)O)NC4=O)cc3)cc2)cc1. The summed E-state index contributed by atoms with van der Waals surface area (Å²) in [7, 11) is 0. The molecule has 4 aliphatic rings. The Labute approximate surface area is 516 Å². The number of benzene rings is 4. The molecule has 0 bridgehead atoms. The average Bonchev–Trinajstić information content (AvgIpc) is 2.17. The van der Waals surface area contributed by atoms with Crippen LogP contribution in [0.2, 0.25) is 0 Å². The van der Waals surface area contributed by atoms with Crippen LogP contribution in [0.4, 0.5) is 0 Å². The van der Waals surface area contributed by atoms with Crippen LogP contribution < -0.4 is 31.3 Å². The van der Waals surface area contributed by atoms with Gasteiger partial charge in [0.25, 0.3) is 5.91 Å². The Morgan fingerprint density at radius 1 is 0.640 bits per heavy atom. The van der Waals surface area contributed by atoms with E-state index in [1.807, 2.05) is 48.5 Å². The van der Waals surface area contributed by atoms with Crippen LogP contribution in [0.5, 0.6) is 11.5 Å². The highest BCUT2D eigenvalue weighted by atomic mass is 16.5. The zero-order valence-electron chi connectivity index (χ0n) is 50.4. The normalized spacial score (nSPS) is 27.4. The molecule has 8 rings (SSSR count). The van der Waals surface area contributed by atoms with Gasteiger partial charge in [-0.1, -0.05) is 87.4 Å². The molecule has 0 radical (unpaired) electrons. The number of hydrogen-bond donors (Lipinski definition) is 13. The number of fused-ring (bicyclic) bond motifs is 2. The van der Waals surface area contributed by atoms with Gasteiger partial charge in [-0.15, -0.1) is 0 Å². The van der Waals surface area contributed by atoms with E-state index in [9.17, 15) is 74.4 Å². The predicted octanol–water partition coefficient (Wildman–Crippen LogP) is 0.193. The fourth-order valence-electron chi connectivity index (χ4n) is 11.7. The number of phenolic OH excluding ortho intramolecular Hbond substituents is 1. The number of unbranched alkanes of at least 4 members (excludes halogenated alkanes) is 2. The van der Waals surface area contributed by atoms with E-state index in [-0.39, 0.29) is 30.0 Å². The van der Waals surface area contributed by atoms with Crippen molar-refractivity contribution in [2.75, 3.05) is 45.9 Å². The number of aliphatic hydroxyl groups excluding tert-OH is 7. The van der Waals surface area contributed by atoms with Crippen LogP contribution in [0.3, 0.4) is 0 Å². The van der Waals surface area contributed by atoms with Gasteiger partial charge in [-0.3, -0.25) is 33.6 Å². The van der Waals surface area contributed by atoms with Crippen molar-refractivity contribution in [3.8, 4) is 33.8 Å². The molecule has 4 aliphatic heterocycles. The van der Waals surface area contributed by atoms with Crippen LogP contribution in [0.1, 0.15) is 94.7 Å². The monoisotopic (exact) mass is 1240 g/mol. The lowest BCUT2D eigenvalue weighted by Crippen LogP contribution is -2.64. The Kier molecular flexibility index (Phi) is 23.3. The maximum Gasteiger partial charge on any atom is 0.251 e. The van der Waals surface area contributed by atoms with Crippen molar-refractivity contribution < 1.29 is 83.9 Å². The minimum Gasteiger partial charge on any atom is -0.508 e. The van der Waals surface area contributed by atoms with Crippen molar-refractivity contribution in [1.29, 1.82) is 0 Å². The summed E-state index contributed by atoms with van der Waals surface area (Å²) in [6.07, 6.45) is -10.7. The topological polar surface area (TPSA) is 370 Å². The van der Waals surface area contributed by atoms with Gasteiger partial charge >= 0.3 is 0 Å². The zero-order chi connectivity index (χ0) is 64.2. The summed E-state index contributed by atoms with van der Waals surface area (Å²) >= 11 is 0. The van der Waals surface area contributed by atoms with E-state index in [0.717, 1.165) is 96.8 Å². The first-order chi connectivity index (χ1) is 42.5. The van der Waals surface area contributed by atoms with Gasteiger partial charge < -0.3 is 91.6 Å². The summed E-state index contributed by atoms with van der Waals surface area (Å²) < 4.78 is 12.0. The molecule has 0 saturated carbocycles. The lowest BCUT2D eigenvalue weighted by atomic mass is 9.96. The Morgan fingerprint density at radius 2 is 1.19 bits per heavy atom. The van der Waals surface area contributed by atoms with Crippen LogP contribution in [-0.4, -0.2) is 222 Å². The van der Waals surface area contributed by atoms with E-state index < -0.39 is 152 Å². The molecule has 25 heteroatoms. The number of likely N-dealkylation sites (tertiary alicyclic amines) is 1. The molecule has 4 aromatic rings. The molecule has 0 aromatic heterocycles. The lowest BCUT2D eigenvalue weighted by Gasteiger charge is -2.34. The maximum absolute atomic E-state index is 14.8. The number of aliphatic hydroxyl groups is 7. The Morgan fingerprint density at radius 3 is 1.78 bits per heavy atom. The van der Waals surface area contributed by atoms with Crippen LogP contribution in [-0.2, 0) is 33.5 Å². The van der Waals surface area contributed by atoms with E-state index in [2.05, 4.69) is 38.4 Å². The summed E-state index contributed by atoms with van der Waals surface area (Å²) in [4.78, 5) is 106. The predicted molar refractivity (Wildman–Crippen MR) is 323 cm³/mol. The number of phenols is 1. The quantitative estimate of drug-likeness (QED) is 0.0592. The van der Waals surface area contributed by atoms with Crippen LogP contribution in [0.25, 0.3) is 22.3 Å². The van der Waals surface area contributed by atoms with E-state index in [0.29, 0.717) is 13.2 Å². The van der Waals surface area contributed by atoms with Crippen LogP contribution >= 0.6 is 0 Å². The molecular formula is C64H84N8O17. The standard InChI is InChI=1S/C64H84N8O17/c1-5-6-9-29-88-46-24-20-41(21-25-46)39-12-10-38(11-13-39)40-14-16-43(17-15-40)57(81)65-47-32-49(77)62(89-30-28-70-26-7-8-27-70)69-61(85)53-54(78)35(2)33-72(53)64(87)51(37(4)74)67-60(84)52(56(80)55(79)42-18-22-44(75)23-19-42)68-59(83)48-31-45(76)34-71(48)63(86)50(36(3)73)66-58(47)82/h10-25,35-37,45,47-56,62,73-80H,5-9,26-34H2,1-4H3,(H,65,81)(H,66,82)(H,67,84)(H,68,83)(H,69,85)/t35-,36+,37+,45+,47+,48-,49-,50-,51-,52-,53-,54-,55-,56-,62+/m0/s1. The molecule has 0 aliphatic carbocycles. The minimum absolute atomic E-state index is 0.0541. The smallest absolute Gasteiger partial charge is 0.251 e. The largest absolute Gasteiger partial charge is 0.508 e. The number of carbonyl (C=O) groups excluding carboxylic acids is 7. The first-order valence-corrected chi connectivity index (χ1v) is 30.5. The molecule has 4 heterocycles. The molecule has 482 valence electrons. The molecule has 7 amide bonds. The van der Waals surface area contributed by atoms with Gasteiger partial charge in [0.05, 0.1) is 37.6 Å². The third kappa shape index (κ3) is 16.8. The number of nitrogens with zero attached hydrogens (tertiary/aromatic N) is 3. The molecule has 15 atom stereocenters. The number of rotatable bonds is 18. The number of amides is 7. The van der Waals surface area contributed by atoms with Gasteiger partial charge in [-0.05, 0) is 110 Å². The van der Waals surface area contributed by atoms with E-state index in [1.54, 1.807) is 12.1 Å². The number of aromatic hydroxyl groups is 1. The molecule has 0 spiro atoms. The van der Waals surface area contributed by atoms with Crippen LogP contribution in [0, 0.1) is 5.92 Å². The summed E-state index contributed by atoms with van der Waals surface area (Å²) in [5, 5.41) is 103. The molecule has 89 heavy (non-hydrogen) atoms. The highest BCUT2D eigenvalue weighted by Crippen LogP contribution is 2.30. The third-order valence-corrected chi connectivity index (χ3v) is 16.9. The van der Waals surface area contributed by atoms with E-state index in [1.165, 1.54) is 43.3 Å². The van der Waals surface area contributed by atoms with E-state index >= 15 is 0 Å². The minimum atomic E-state index is -2.28. The van der Waals surface area contributed by atoms with Gasteiger partial charge in [-0.25, -0.2) is 0 Å². The first-order valence-electron chi connectivity index (χ1n) is 30.5. The van der Waals surface area contributed by atoms with Gasteiger partial charge in [0.15, 0.2) is 6.23 Å². The Hall–Kier alpha value is -7.59. The lowest BCUT2D eigenvalue weighted by molar-refractivity contribution is -0.149. The Bertz CT molecular complexity index is 3060.